The highest BCUT2D eigenvalue weighted by atomic mass is 16.5. The van der Waals surface area contributed by atoms with Crippen LogP contribution in [0.1, 0.15) is 12.8 Å². The van der Waals surface area contributed by atoms with Gasteiger partial charge >= 0.3 is 0 Å². The third-order valence-electron chi connectivity index (χ3n) is 3.63. The number of rotatable bonds is 5. The van der Waals surface area contributed by atoms with Crippen molar-refractivity contribution < 1.29 is 13.9 Å². The van der Waals surface area contributed by atoms with Crippen LogP contribution in [0.25, 0.3) is 11.1 Å². The highest BCUT2D eigenvalue weighted by molar-refractivity contribution is 5.96. The van der Waals surface area contributed by atoms with Crippen LogP contribution in [0.5, 0.6) is 5.75 Å². The third-order valence-corrected chi connectivity index (χ3v) is 3.63. The van der Waals surface area contributed by atoms with Gasteiger partial charge in [0, 0.05) is 18.3 Å². The highest BCUT2D eigenvalue weighted by Gasteiger charge is 2.13. The zero-order valence-electron chi connectivity index (χ0n) is 13.8. The number of oxazole rings is 1. The summed E-state index contributed by atoms with van der Waals surface area (Å²) in [5.41, 5.74) is 3.03. The Bertz CT molecular complexity index is 856. The van der Waals surface area contributed by atoms with E-state index >= 15 is 0 Å². The molecule has 1 aromatic heterocycles. The number of aryl methyl sites for hydroxylation is 1. The first-order valence-electron chi connectivity index (χ1n) is 7.64. The normalized spacial score (nSPS) is 12.0. The van der Waals surface area contributed by atoms with E-state index in [4.69, 9.17) is 9.15 Å². The van der Waals surface area contributed by atoms with Crippen molar-refractivity contribution in [1.82, 2.24) is 4.98 Å². The lowest BCUT2D eigenvalue weighted by Gasteiger charge is -2.15. The van der Waals surface area contributed by atoms with E-state index in [2.05, 4.69) is 15.6 Å². The van der Waals surface area contributed by atoms with Gasteiger partial charge in [0.2, 0.25) is 5.91 Å². The summed E-state index contributed by atoms with van der Waals surface area (Å²) in [6.45, 7) is 3.61. The minimum atomic E-state index is -0.405. The number of anilines is 2. The molecule has 0 saturated heterocycles. The van der Waals surface area contributed by atoms with Crippen LogP contribution in [0.3, 0.4) is 0 Å². The minimum absolute atomic E-state index is 0.128. The van der Waals surface area contributed by atoms with E-state index in [-0.39, 0.29) is 5.91 Å². The molecule has 0 aliphatic heterocycles. The maximum Gasteiger partial charge on any atom is 0.246 e. The molecule has 0 radical (unpaired) electrons. The molecule has 0 bridgehead atoms. The van der Waals surface area contributed by atoms with Crippen LogP contribution in [0.15, 0.2) is 46.9 Å². The Hall–Kier alpha value is -3.02. The van der Waals surface area contributed by atoms with Crippen LogP contribution in [-0.2, 0) is 4.79 Å². The number of amides is 1. The standard InChI is InChI=1S/C18H19N3O3/c1-11(18(22)21-13-4-7-15(23-3)8-5-13)19-14-6-9-17-16(10-14)20-12(2)24-17/h4-11,19H,1-3H3,(H,21,22)/t11-/m1/s1. The Balaban J connectivity index is 1.65. The lowest BCUT2D eigenvalue weighted by Crippen LogP contribution is -2.31. The Morgan fingerprint density at radius 1 is 1.17 bits per heavy atom. The lowest BCUT2D eigenvalue weighted by atomic mass is 10.2. The van der Waals surface area contributed by atoms with Gasteiger partial charge < -0.3 is 19.8 Å². The molecule has 6 nitrogen and oxygen atoms in total. The quantitative estimate of drug-likeness (QED) is 0.750. The predicted molar refractivity (Wildman–Crippen MR) is 93.5 cm³/mol. The Morgan fingerprint density at radius 2 is 1.88 bits per heavy atom. The molecule has 24 heavy (non-hydrogen) atoms. The number of nitrogens with zero attached hydrogens (tertiary/aromatic N) is 1. The van der Waals surface area contributed by atoms with Crippen molar-refractivity contribution in [1.29, 1.82) is 0 Å². The molecule has 0 unspecified atom stereocenters. The van der Waals surface area contributed by atoms with Crippen molar-refractivity contribution in [3.05, 3.63) is 48.4 Å². The first kappa shape index (κ1) is 15.9. The van der Waals surface area contributed by atoms with E-state index < -0.39 is 6.04 Å². The van der Waals surface area contributed by atoms with Crippen molar-refractivity contribution >= 4 is 28.4 Å². The van der Waals surface area contributed by atoms with E-state index in [1.807, 2.05) is 18.2 Å². The summed E-state index contributed by atoms with van der Waals surface area (Å²) < 4.78 is 10.5. The van der Waals surface area contributed by atoms with E-state index in [9.17, 15) is 4.79 Å². The van der Waals surface area contributed by atoms with Gasteiger partial charge in [0.1, 0.15) is 17.3 Å². The van der Waals surface area contributed by atoms with Crippen LogP contribution in [0, 0.1) is 6.92 Å². The van der Waals surface area contributed by atoms with Gasteiger partial charge in [-0.05, 0) is 49.4 Å². The Morgan fingerprint density at radius 3 is 2.58 bits per heavy atom. The van der Waals surface area contributed by atoms with Crippen molar-refractivity contribution in [3.8, 4) is 5.75 Å². The number of hydrogen-bond donors (Lipinski definition) is 2. The number of methoxy groups -OCH3 is 1. The van der Waals surface area contributed by atoms with Gasteiger partial charge in [-0.1, -0.05) is 0 Å². The van der Waals surface area contributed by atoms with Gasteiger partial charge in [-0.3, -0.25) is 4.79 Å². The summed E-state index contributed by atoms with van der Waals surface area (Å²) in [6, 6.07) is 12.4. The molecule has 0 spiro atoms. The number of carbonyl (C=O) groups excluding carboxylic acids is 1. The molecule has 0 saturated carbocycles. The van der Waals surface area contributed by atoms with Crippen LogP contribution in [-0.4, -0.2) is 24.0 Å². The second kappa shape index (κ2) is 6.62. The van der Waals surface area contributed by atoms with Crippen molar-refractivity contribution in [2.24, 2.45) is 0 Å². The maximum absolute atomic E-state index is 12.3. The number of nitrogens with one attached hydrogen (secondary N) is 2. The molecule has 6 heteroatoms. The molecular weight excluding hydrogens is 306 g/mol. The monoisotopic (exact) mass is 325 g/mol. The largest absolute Gasteiger partial charge is 0.497 e. The van der Waals surface area contributed by atoms with E-state index in [1.54, 1.807) is 45.2 Å². The van der Waals surface area contributed by atoms with Gasteiger partial charge in [-0.15, -0.1) is 0 Å². The molecule has 0 fully saturated rings. The molecular formula is C18H19N3O3. The van der Waals surface area contributed by atoms with Crippen molar-refractivity contribution in [2.45, 2.75) is 19.9 Å². The molecule has 2 N–H and O–H groups in total. The van der Waals surface area contributed by atoms with Gasteiger partial charge in [-0.25, -0.2) is 4.98 Å². The first-order chi connectivity index (χ1) is 11.5. The molecule has 124 valence electrons. The van der Waals surface area contributed by atoms with E-state index in [1.165, 1.54) is 0 Å². The second-order valence-electron chi connectivity index (χ2n) is 5.50. The molecule has 3 rings (SSSR count). The van der Waals surface area contributed by atoms with Gasteiger partial charge in [0.05, 0.1) is 7.11 Å². The molecule has 0 aliphatic carbocycles. The fraction of sp³-hybridized carbons (Fsp3) is 0.222. The average molecular weight is 325 g/mol. The number of ether oxygens (including phenoxy) is 1. The fourth-order valence-corrected chi connectivity index (χ4v) is 2.37. The number of fused-ring (bicyclic) bond motifs is 1. The summed E-state index contributed by atoms with van der Waals surface area (Å²) in [7, 11) is 1.60. The SMILES string of the molecule is COc1ccc(NC(=O)[C@@H](C)Nc2ccc3oc(C)nc3c2)cc1. The average Bonchev–Trinajstić information content (AvgIpc) is 2.94. The van der Waals surface area contributed by atoms with E-state index in [0.29, 0.717) is 5.89 Å². The molecule has 1 atom stereocenters. The number of benzene rings is 2. The van der Waals surface area contributed by atoms with Gasteiger partial charge in [-0.2, -0.15) is 0 Å². The zero-order valence-corrected chi connectivity index (χ0v) is 13.8. The maximum atomic E-state index is 12.3. The zero-order chi connectivity index (χ0) is 17.1. The number of carbonyl (C=O) groups is 1. The van der Waals surface area contributed by atoms with Crippen LogP contribution < -0.4 is 15.4 Å². The molecule has 0 aliphatic rings. The molecule has 1 amide bonds. The minimum Gasteiger partial charge on any atom is -0.497 e. The number of hydrogen-bond acceptors (Lipinski definition) is 5. The summed E-state index contributed by atoms with van der Waals surface area (Å²) >= 11 is 0. The molecule has 1 heterocycles. The fourth-order valence-electron chi connectivity index (χ4n) is 2.37. The van der Waals surface area contributed by atoms with Gasteiger partial charge in [0.15, 0.2) is 11.5 Å². The lowest BCUT2D eigenvalue weighted by molar-refractivity contribution is -0.116. The van der Waals surface area contributed by atoms with Crippen LogP contribution in [0.2, 0.25) is 0 Å². The van der Waals surface area contributed by atoms with E-state index in [0.717, 1.165) is 28.2 Å². The highest BCUT2D eigenvalue weighted by Crippen LogP contribution is 2.20. The predicted octanol–water partition coefficient (Wildman–Crippen LogP) is 3.58. The summed E-state index contributed by atoms with van der Waals surface area (Å²) in [5.74, 6) is 1.24. The smallest absolute Gasteiger partial charge is 0.246 e. The Labute approximate surface area is 139 Å². The summed E-state index contributed by atoms with van der Waals surface area (Å²) in [4.78, 5) is 16.6. The first-order valence-corrected chi connectivity index (χ1v) is 7.64. The third kappa shape index (κ3) is 3.48. The van der Waals surface area contributed by atoms with Crippen molar-refractivity contribution in [3.63, 3.8) is 0 Å². The summed E-state index contributed by atoms with van der Waals surface area (Å²) in [6.07, 6.45) is 0. The van der Waals surface area contributed by atoms with Gasteiger partial charge in [0.25, 0.3) is 0 Å². The van der Waals surface area contributed by atoms with Crippen molar-refractivity contribution in [2.75, 3.05) is 17.7 Å². The molecule has 3 aromatic rings. The Kier molecular flexibility index (Phi) is 4.37. The second-order valence-corrected chi connectivity index (χ2v) is 5.50. The number of aromatic nitrogens is 1. The summed E-state index contributed by atoms with van der Waals surface area (Å²) in [5, 5.41) is 6.03. The molecule has 2 aromatic carbocycles. The topological polar surface area (TPSA) is 76.4 Å². The van der Waals surface area contributed by atoms with Crippen LogP contribution in [0.4, 0.5) is 11.4 Å². The van der Waals surface area contributed by atoms with Crippen LogP contribution >= 0.6 is 0 Å².